The van der Waals surface area contributed by atoms with Gasteiger partial charge < -0.3 is 15.7 Å². The maximum Gasteiger partial charge on any atom is 0.163 e. The maximum atomic E-state index is 13.5. The number of phenolic OH excluding ortho intramolecular Hbond substituents is 1. The van der Waals surface area contributed by atoms with Crippen LogP contribution >= 0.6 is 0 Å². The third-order valence-electron chi connectivity index (χ3n) is 6.79. The van der Waals surface area contributed by atoms with Gasteiger partial charge in [0, 0.05) is 23.3 Å². The molecule has 1 heterocycles. The number of carbonyl (C=O) groups is 1. The third kappa shape index (κ3) is 4.56. The molecule has 3 aromatic rings. The lowest BCUT2D eigenvalue weighted by atomic mass is 9.73. The summed E-state index contributed by atoms with van der Waals surface area (Å²) in [6.07, 6.45) is 1.20. The Kier molecular flexibility index (Phi) is 5.67. The Hall–Kier alpha value is -3.93. The van der Waals surface area contributed by atoms with Crippen molar-refractivity contribution in [2.75, 3.05) is 10.6 Å². The van der Waals surface area contributed by atoms with E-state index in [4.69, 9.17) is 0 Å². The van der Waals surface area contributed by atoms with Crippen LogP contribution in [0, 0.1) is 19.3 Å². The molecule has 3 N–H and O–H groups in total. The zero-order chi connectivity index (χ0) is 24.7. The number of nitrogens with zero attached hydrogens (tertiary/aromatic N) is 2. The van der Waals surface area contributed by atoms with E-state index in [1.54, 1.807) is 12.1 Å². The molecule has 6 nitrogen and oxygen atoms in total. The number of fused-ring (bicyclic) bond motifs is 1. The minimum Gasteiger partial charge on any atom is -0.508 e. The van der Waals surface area contributed by atoms with Crippen LogP contribution < -0.4 is 10.6 Å². The first-order chi connectivity index (χ1) is 16.7. The van der Waals surface area contributed by atoms with Crippen molar-refractivity contribution in [1.82, 2.24) is 0 Å². The fourth-order valence-corrected chi connectivity index (χ4v) is 4.89. The highest BCUT2D eigenvalue weighted by Crippen LogP contribution is 2.47. The molecule has 0 aromatic heterocycles. The number of anilines is 2. The largest absolute Gasteiger partial charge is 0.508 e. The molecule has 1 aliphatic heterocycles. The van der Waals surface area contributed by atoms with Crippen molar-refractivity contribution in [3.63, 3.8) is 0 Å². The molecule has 1 aliphatic carbocycles. The van der Waals surface area contributed by atoms with E-state index in [-0.39, 0.29) is 16.9 Å². The lowest BCUT2D eigenvalue weighted by Gasteiger charge is -2.34. The van der Waals surface area contributed by atoms with E-state index >= 15 is 0 Å². The van der Waals surface area contributed by atoms with Gasteiger partial charge in [-0.1, -0.05) is 32.0 Å². The smallest absolute Gasteiger partial charge is 0.163 e. The lowest BCUT2D eigenvalue weighted by molar-refractivity contribution is -0.118. The Bertz CT molecular complexity index is 1370. The summed E-state index contributed by atoms with van der Waals surface area (Å²) in [6.45, 7) is 8.39. The molecule has 2 aliphatic rings. The number of benzene rings is 3. The molecule has 0 amide bonds. The van der Waals surface area contributed by atoms with Gasteiger partial charge in [-0.2, -0.15) is 10.2 Å². The third-order valence-corrected chi connectivity index (χ3v) is 6.79. The summed E-state index contributed by atoms with van der Waals surface area (Å²) in [5, 5.41) is 26.8. The summed E-state index contributed by atoms with van der Waals surface area (Å²) in [6, 6.07) is 18.3. The van der Waals surface area contributed by atoms with E-state index in [0.29, 0.717) is 23.2 Å². The van der Waals surface area contributed by atoms with E-state index in [9.17, 15) is 9.90 Å². The molecular weight excluding hydrogens is 436 g/mol. The SMILES string of the molecule is Cc1cc2c(cc1C)N[C@@H](c1cc(N=Nc3ccccc3)ccc1O)C1=C(CC(C)(C)CC1=O)N2. The molecule has 0 fully saturated rings. The van der Waals surface area contributed by atoms with Crippen molar-refractivity contribution in [3.8, 4) is 5.75 Å². The highest BCUT2D eigenvalue weighted by Gasteiger charge is 2.39. The van der Waals surface area contributed by atoms with E-state index in [0.717, 1.165) is 34.7 Å². The molecule has 0 spiro atoms. The van der Waals surface area contributed by atoms with Gasteiger partial charge in [-0.05, 0) is 79.3 Å². The van der Waals surface area contributed by atoms with Gasteiger partial charge in [0.15, 0.2) is 5.78 Å². The number of Topliss-reactive ketones (excluding diaryl/α,β-unsaturated/α-hetero) is 1. The van der Waals surface area contributed by atoms with Crippen molar-refractivity contribution in [2.24, 2.45) is 15.6 Å². The first-order valence-electron chi connectivity index (χ1n) is 11.9. The highest BCUT2D eigenvalue weighted by atomic mass is 16.3. The lowest BCUT2D eigenvalue weighted by Crippen LogP contribution is -2.31. The van der Waals surface area contributed by atoms with Crippen LogP contribution in [0.15, 0.2) is 82.2 Å². The van der Waals surface area contributed by atoms with E-state index in [1.165, 1.54) is 5.56 Å². The minimum atomic E-state index is -0.517. The number of hydrogen-bond acceptors (Lipinski definition) is 6. The average Bonchev–Trinajstić information content (AvgIpc) is 2.95. The van der Waals surface area contributed by atoms with Gasteiger partial charge in [0.05, 0.1) is 28.8 Å². The van der Waals surface area contributed by atoms with Crippen LogP contribution in [0.3, 0.4) is 0 Å². The van der Waals surface area contributed by atoms with Gasteiger partial charge in [-0.3, -0.25) is 4.79 Å². The topological polar surface area (TPSA) is 86.1 Å². The summed E-state index contributed by atoms with van der Waals surface area (Å²) in [4.78, 5) is 13.5. The molecule has 0 radical (unpaired) electrons. The highest BCUT2D eigenvalue weighted by molar-refractivity contribution is 6.01. The van der Waals surface area contributed by atoms with Gasteiger partial charge >= 0.3 is 0 Å². The first kappa shape index (κ1) is 22.8. The summed E-state index contributed by atoms with van der Waals surface area (Å²) in [7, 11) is 0. The number of allylic oxidation sites excluding steroid dienone is 1. The van der Waals surface area contributed by atoms with Crippen LogP contribution in [-0.2, 0) is 4.79 Å². The molecule has 6 heteroatoms. The minimum absolute atomic E-state index is 0.0817. The van der Waals surface area contributed by atoms with Crippen LogP contribution in [-0.4, -0.2) is 10.9 Å². The van der Waals surface area contributed by atoms with Crippen LogP contribution in [0.2, 0.25) is 0 Å². The van der Waals surface area contributed by atoms with Crippen molar-refractivity contribution >= 4 is 28.5 Å². The standard InChI is InChI=1S/C29H30N4O2/c1-17-12-22-23(13-18(17)2)31-28(27-24(30-22)15-29(3,4)16-26(27)35)21-14-20(10-11-25(21)34)33-32-19-8-6-5-7-9-19/h5-14,28,30-31,34H,15-16H2,1-4H3/t28-/m0/s1. The normalized spacial score (nSPS) is 19.0. The molecule has 0 unspecified atom stereocenters. The number of azo groups is 1. The second kappa shape index (κ2) is 8.69. The van der Waals surface area contributed by atoms with Crippen LogP contribution in [0.5, 0.6) is 5.75 Å². The van der Waals surface area contributed by atoms with Gasteiger partial charge in [0.25, 0.3) is 0 Å². The fraction of sp³-hybridized carbons (Fsp3) is 0.276. The number of rotatable bonds is 3. The second-order valence-corrected chi connectivity index (χ2v) is 10.3. The van der Waals surface area contributed by atoms with Gasteiger partial charge in [-0.15, -0.1) is 0 Å². The predicted octanol–water partition coefficient (Wildman–Crippen LogP) is 7.65. The Balaban J connectivity index is 1.63. The summed E-state index contributed by atoms with van der Waals surface area (Å²) < 4.78 is 0. The molecule has 0 saturated heterocycles. The number of carbonyl (C=O) groups excluding carboxylic acids is 1. The van der Waals surface area contributed by atoms with E-state index in [1.807, 2.05) is 36.4 Å². The molecule has 3 aromatic carbocycles. The zero-order valence-corrected chi connectivity index (χ0v) is 20.5. The number of hydrogen-bond donors (Lipinski definition) is 3. The Morgan fingerprint density at radius 2 is 1.57 bits per heavy atom. The van der Waals surface area contributed by atoms with Crippen LogP contribution in [0.25, 0.3) is 0 Å². The second-order valence-electron chi connectivity index (χ2n) is 10.3. The summed E-state index contributed by atoms with van der Waals surface area (Å²) in [5.74, 6) is 0.191. The molecule has 1 atom stereocenters. The van der Waals surface area contributed by atoms with Crippen molar-refractivity contribution < 1.29 is 9.90 Å². The quantitative estimate of drug-likeness (QED) is 0.346. The van der Waals surface area contributed by atoms with Gasteiger partial charge in [0.1, 0.15) is 5.75 Å². The van der Waals surface area contributed by atoms with Crippen molar-refractivity contribution in [2.45, 2.75) is 46.6 Å². The first-order valence-corrected chi connectivity index (χ1v) is 11.9. The van der Waals surface area contributed by atoms with Gasteiger partial charge in [-0.25, -0.2) is 0 Å². The number of phenols is 1. The van der Waals surface area contributed by atoms with Crippen molar-refractivity contribution in [3.05, 3.63) is 88.6 Å². The molecule has 178 valence electrons. The molecule has 0 saturated carbocycles. The fourth-order valence-electron chi connectivity index (χ4n) is 4.89. The van der Waals surface area contributed by atoms with Crippen LogP contribution in [0.4, 0.5) is 22.7 Å². The van der Waals surface area contributed by atoms with Crippen LogP contribution in [0.1, 0.15) is 49.4 Å². The molecular formula is C29H30N4O2. The van der Waals surface area contributed by atoms with Crippen molar-refractivity contribution in [1.29, 1.82) is 0 Å². The monoisotopic (exact) mass is 466 g/mol. The number of aryl methyl sites for hydroxylation is 2. The van der Waals surface area contributed by atoms with E-state index < -0.39 is 6.04 Å². The molecule has 35 heavy (non-hydrogen) atoms. The maximum absolute atomic E-state index is 13.5. The summed E-state index contributed by atoms with van der Waals surface area (Å²) in [5.41, 5.74) is 7.53. The summed E-state index contributed by atoms with van der Waals surface area (Å²) >= 11 is 0. The number of ketones is 1. The average molecular weight is 467 g/mol. The van der Waals surface area contributed by atoms with Gasteiger partial charge in [0.2, 0.25) is 0 Å². The van der Waals surface area contributed by atoms with E-state index in [2.05, 4.69) is 60.7 Å². The Morgan fingerprint density at radius 3 is 2.31 bits per heavy atom. The molecule has 0 bridgehead atoms. The Labute approximate surface area is 205 Å². The number of nitrogens with one attached hydrogen (secondary N) is 2. The number of aromatic hydroxyl groups is 1. The molecule has 5 rings (SSSR count). The Morgan fingerprint density at radius 1 is 0.886 bits per heavy atom. The zero-order valence-electron chi connectivity index (χ0n) is 20.5. The predicted molar refractivity (Wildman–Crippen MR) is 140 cm³/mol.